The van der Waals surface area contributed by atoms with Gasteiger partial charge in [-0.15, -0.1) is 0 Å². The van der Waals surface area contributed by atoms with E-state index in [1.54, 1.807) is 13.0 Å². The van der Waals surface area contributed by atoms with Gasteiger partial charge in [-0.3, -0.25) is 9.89 Å². The lowest BCUT2D eigenvalue weighted by Gasteiger charge is -2.19. The molecule has 0 aliphatic heterocycles. The Kier molecular flexibility index (Phi) is 5.11. The van der Waals surface area contributed by atoms with Gasteiger partial charge in [0.2, 0.25) is 0 Å². The minimum absolute atomic E-state index is 0.0789. The molecule has 0 saturated carbocycles. The molecule has 0 radical (unpaired) electrons. The minimum Gasteiger partial charge on any atom is -0.393 e. The van der Waals surface area contributed by atoms with Crippen molar-refractivity contribution in [2.45, 2.75) is 32.3 Å². The molecule has 2 rings (SSSR count). The Morgan fingerprint density at radius 2 is 2.10 bits per heavy atom. The molecule has 1 aromatic heterocycles. The largest absolute Gasteiger partial charge is 0.393 e. The first-order valence-corrected chi connectivity index (χ1v) is 7.09. The van der Waals surface area contributed by atoms with Gasteiger partial charge in [0.1, 0.15) is 5.69 Å². The summed E-state index contributed by atoms with van der Waals surface area (Å²) in [4.78, 5) is 12.0. The second kappa shape index (κ2) is 7.04. The van der Waals surface area contributed by atoms with Gasteiger partial charge in [0.15, 0.2) is 0 Å². The van der Waals surface area contributed by atoms with Crippen LogP contribution in [0.4, 0.5) is 0 Å². The molecule has 0 aliphatic carbocycles. The molecule has 3 N–H and O–H groups in total. The third kappa shape index (κ3) is 4.43. The summed E-state index contributed by atoms with van der Waals surface area (Å²) in [6.07, 6.45) is 0.184. The molecule has 5 nitrogen and oxygen atoms in total. The van der Waals surface area contributed by atoms with Gasteiger partial charge in [0.25, 0.3) is 5.91 Å². The molecule has 2 aromatic rings. The van der Waals surface area contributed by atoms with Crippen LogP contribution in [0.2, 0.25) is 0 Å². The highest BCUT2D eigenvalue weighted by molar-refractivity contribution is 5.92. The maximum atomic E-state index is 12.0. The number of nitrogens with one attached hydrogen (secondary N) is 2. The van der Waals surface area contributed by atoms with E-state index in [0.29, 0.717) is 18.7 Å². The zero-order valence-electron chi connectivity index (χ0n) is 12.3. The number of amides is 1. The lowest BCUT2D eigenvalue weighted by atomic mass is 9.93. The first-order chi connectivity index (χ1) is 10.1. The zero-order chi connectivity index (χ0) is 15.2. The molecule has 1 aromatic carbocycles. The molecule has 0 spiro atoms. The number of aromatic nitrogens is 2. The molecule has 0 saturated heterocycles. The fraction of sp³-hybridized carbons (Fsp3) is 0.375. The summed E-state index contributed by atoms with van der Waals surface area (Å²) in [6.45, 7) is 4.08. The highest BCUT2D eigenvalue weighted by Gasteiger charge is 2.16. The number of aliphatic hydroxyl groups excluding tert-OH is 1. The van der Waals surface area contributed by atoms with Crippen molar-refractivity contribution in [1.29, 1.82) is 0 Å². The van der Waals surface area contributed by atoms with E-state index < -0.39 is 6.10 Å². The summed E-state index contributed by atoms with van der Waals surface area (Å²) in [6, 6.07) is 11.6. The number of benzene rings is 1. The van der Waals surface area contributed by atoms with Gasteiger partial charge in [-0.25, -0.2) is 0 Å². The Hall–Kier alpha value is -2.14. The highest BCUT2D eigenvalue weighted by atomic mass is 16.3. The van der Waals surface area contributed by atoms with E-state index in [9.17, 15) is 9.90 Å². The molecule has 0 bridgehead atoms. The molecule has 1 amide bonds. The Morgan fingerprint density at radius 3 is 2.67 bits per heavy atom. The molecule has 112 valence electrons. The van der Waals surface area contributed by atoms with Crippen LogP contribution in [0.5, 0.6) is 0 Å². The Morgan fingerprint density at radius 1 is 1.38 bits per heavy atom. The minimum atomic E-state index is -0.417. The van der Waals surface area contributed by atoms with Crippen molar-refractivity contribution >= 4 is 5.91 Å². The molecule has 21 heavy (non-hydrogen) atoms. The van der Waals surface area contributed by atoms with E-state index in [1.165, 1.54) is 0 Å². The van der Waals surface area contributed by atoms with Crippen molar-refractivity contribution in [2.75, 3.05) is 6.54 Å². The number of aliphatic hydroxyl groups is 1. The van der Waals surface area contributed by atoms with E-state index in [2.05, 4.69) is 15.5 Å². The number of H-pyrrole nitrogens is 1. The van der Waals surface area contributed by atoms with Crippen molar-refractivity contribution in [3.63, 3.8) is 0 Å². The lowest BCUT2D eigenvalue weighted by Crippen LogP contribution is -2.30. The standard InChI is InChI=1S/C16H21N3O2/c1-11-8-15(19-18-11)16(21)17-10-14(9-12(2)20)13-6-4-3-5-7-13/h3-8,12,14,20H,9-10H2,1-2H3,(H,17,21)(H,18,19). The van der Waals surface area contributed by atoms with E-state index >= 15 is 0 Å². The van der Waals surface area contributed by atoms with Crippen LogP contribution in [0.15, 0.2) is 36.4 Å². The van der Waals surface area contributed by atoms with Gasteiger partial charge >= 0.3 is 0 Å². The summed E-state index contributed by atoms with van der Waals surface area (Å²) in [5.41, 5.74) is 2.34. The molecule has 1 heterocycles. The number of rotatable bonds is 6. The predicted octanol–water partition coefficient (Wildman–Crippen LogP) is 2.00. The van der Waals surface area contributed by atoms with Crippen LogP contribution in [0, 0.1) is 6.92 Å². The summed E-state index contributed by atoms with van der Waals surface area (Å²) >= 11 is 0. The normalized spacial score (nSPS) is 13.7. The van der Waals surface area contributed by atoms with Crippen molar-refractivity contribution in [1.82, 2.24) is 15.5 Å². The number of aryl methyl sites for hydroxylation is 1. The van der Waals surface area contributed by atoms with Crippen LogP contribution in [-0.4, -0.2) is 33.9 Å². The molecule has 0 aliphatic rings. The third-order valence-electron chi connectivity index (χ3n) is 3.34. The smallest absolute Gasteiger partial charge is 0.271 e. The fourth-order valence-electron chi connectivity index (χ4n) is 2.32. The summed E-state index contributed by atoms with van der Waals surface area (Å²) in [5.74, 6) is -0.124. The monoisotopic (exact) mass is 287 g/mol. The Labute approximate surface area is 124 Å². The fourth-order valence-corrected chi connectivity index (χ4v) is 2.32. The first kappa shape index (κ1) is 15.3. The summed E-state index contributed by atoms with van der Waals surface area (Å²) in [7, 11) is 0. The van der Waals surface area contributed by atoms with Crippen molar-refractivity contribution in [3.8, 4) is 0 Å². The number of aromatic amines is 1. The van der Waals surface area contributed by atoms with Crippen LogP contribution in [-0.2, 0) is 0 Å². The predicted molar refractivity (Wildman–Crippen MR) is 81.1 cm³/mol. The molecular weight excluding hydrogens is 266 g/mol. The molecule has 2 atom stereocenters. The van der Waals surface area contributed by atoms with Crippen molar-refractivity contribution in [2.24, 2.45) is 0 Å². The first-order valence-electron chi connectivity index (χ1n) is 7.09. The maximum Gasteiger partial charge on any atom is 0.271 e. The number of hydrogen-bond donors (Lipinski definition) is 3. The third-order valence-corrected chi connectivity index (χ3v) is 3.34. The molecule has 2 unspecified atom stereocenters. The lowest BCUT2D eigenvalue weighted by molar-refractivity contribution is 0.0940. The van der Waals surface area contributed by atoms with Crippen LogP contribution in [0.3, 0.4) is 0 Å². The average molecular weight is 287 g/mol. The molecule has 5 heteroatoms. The Balaban J connectivity index is 2.01. The number of carbonyl (C=O) groups excluding carboxylic acids is 1. The van der Waals surface area contributed by atoms with Crippen molar-refractivity contribution in [3.05, 3.63) is 53.3 Å². The van der Waals surface area contributed by atoms with Gasteiger partial charge in [-0.2, -0.15) is 5.10 Å². The number of nitrogens with zero attached hydrogens (tertiary/aromatic N) is 1. The zero-order valence-corrected chi connectivity index (χ0v) is 12.3. The Bertz CT molecular complexity index is 578. The van der Waals surface area contributed by atoms with E-state index in [1.807, 2.05) is 37.3 Å². The van der Waals surface area contributed by atoms with Crippen LogP contribution < -0.4 is 5.32 Å². The van der Waals surface area contributed by atoms with Gasteiger partial charge in [-0.1, -0.05) is 30.3 Å². The quantitative estimate of drug-likeness (QED) is 0.760. The van der Waals surface area contributed by atoms with E-state index in [0.717, 1.165) is 11.3 Å². The van der Waals surface area contributed by atoms with Gasteiger partial charge < -0.3 is 10.4 Å². The highest BCUT2D eigenvalue weighted by Crippen LogP contribution is 2.20. The number of hydrogen-bond acceptors (Lipinski definition) is 3. The van der Waals surface area contributed by atoms with Crippen LogP contribution in [0.1, 0.15) is 41.0 Å². The van der Waals surface area contributed by atoms with E-state index in [-0.39, 0.29) is 11.8 Å². The van der Waals surface area contributed by atoms with E-state index in [4.69, 9.17) is 0 Å². The van der Waals surface area contributed by atoms with Gasteiger partial charge in [-0.05, 0) is 31.9 Å². The SMILES string of the molecule is Cc1cc(C(=O)NCC(CC(C)O)c2ccccc2)n[nH]1. The average Bonchev–Trinajstić information content (AvgIpc) is 2.90. The topological polar surface area (TPSA) is 78.0 Å². The van der Waals surface area contributed by atoms with Crippen LogP contribution in [0.25, 0.3) is 0 Å². The van der Waals surface area contributed by atoms with Gasteiger partial charge in [0, 0.05) is 18.2 Å². The second-order valence-electron chi connectivity index (χ2n) is 5.34. The van der Waals surface area contributed by atoms with Gasteiger partial charge in [0.05, 0.1) is 6.10 Å². The maximum absolute atomic E-state index is 12.0. The number of carbonyl (C=O) groups is 1. The second-order valence-corrected chi connectivity index (χ2v) is 5.34. The molecule has 0 fully saturated rings. The van der Waals surface area contributed by atoms with Crippen molar-refractivity contribution < 1.29 is 9.90 Å². The summed E-state index contributed by atoms with van der Waals surface area (Å²) < 4.78 is 0. The summed E-state index contributed by atoms with van der Waals surface area (Å²) in [5, 5.41) is 19.2. The molecular formula is C16H21N3O2. The van der Waals surface area contributed by atoms with Crippen LogP contribution >= 0.6 is 0 Å².